The van der Waals surface area contributed by atoms with E-state index < -0.39 is 0 Å². The average Bonchev–Trinajstić information content (AvgIpc) is 2.46. The quantitative estimate of drug-likeness (QED) is 0.876. The maximum Gasteiger partial charge on any atom is 0.258 e. The Morgan fingerprint density at radius 2 is 1.85 bits per heavy atom. The van der Waals surface area contributed by atoms with Crippen LogP contribution < -0.4 is 15.4 Å². The van der Waals surface area contributed by atoms with Gasteiger partial charge in [-0.2, -0.15) is 0 Å². The fourth-order valence-electron chi connectivity index (χ4n) is 1.80. The topological polar surface area (TPSA) is 55.6 Å². The van der Waals surface area contributed by atoms with Gasteiger partial charge in [0.1, 0.15) is 5.75 Å². The number of hydrogen-bond acceptors (Lipinski definition) is 3. The van der Waals surface area contributed by atoms with Gasteiger partial charge in [0.05, 0.1) is 11.6 Å². The molecule has 104 valence electrons. The predicted molar refractivity (Wildman–Crippen MR) is 84.3 cm³/mol. The van der Waals surface area contributed by atoms with Crippen molar-refractivity contribution in [3.8, 4) is 5.75 Å². The van der Waals surface area contributed by atoms with Crippen molar-refractivity contribution < 1.29 is 9.53 Å². The zero-order chi connectivity index (χ0) is 14.7. The largest absolute Gasteiger partial charge is 0.496 e. The molecule has 0 aliphatic rings. The molecule has 1 amide bonds. The minimum atomic E-state index is -0.0953. The highest BCUT2D eigenvalue weighted by molar-refractivity contribution is 9.10. The van der Waals surface area contributed by atoms with Gasteiger partial charge in [-0.3, -0.25) is 4.79 Å². The normalized spacial score (nSPS) is 10.2. The van der Waals surface area contributed by atoms with E-state index in [1.165, 1.54) is 0 Å². The number of carbonyl (C=O) groups is 1. The van der Waals surface area contributed by atoms with Crippen LogP contribution in [0.15, 0.2) is 46.9 Å². The van der Waals surface area contributed by atoms with Crippen LogP contribution in [0.5, 0.6) is 5.75 Å². The van der Waals surface area contributed by atoms with Gasteiger partial charge in [-0.25, -0.2) is 0 Å². The SMILES string of the molecule is COc1ccc(N(C)C(=O)c2ccc(N)cc2)cc1Br. The number of carbonyl (C=O) groups excluding carboxylic acids is 1. The van der Waals surface area contributed by atoms with Crippen LogP contribution in [0.4, 0.5) is 11.4 Å². The number of rotatable bonds is 3. The minimum Gasteiger partial charge on any atom is -0.496 e. The Balaban J connectivity index is 2.26. The summed E-state index contributed by atoms with van der Waals surface area (Å²) in [6, 6.07) is 12.3. The Morgan fingerprint density at radius 3 is 2.40 bits per heavy atom. The van der Waals surface area contributed by atoms with Gasteiger partial charge >= 0.3 is 0 Å². The van der Waals surface area contributed by atoms with Gasteiger partial charge in [0, 0.05) is 24.0 Å². The molecule has 0 unspecified atom stereocenters. The van der Waals surface area contributed by atoms with Crippen LogP contribution in [0.1, 0.15) is 10.4 Å². The first-order chi connectivity index (χ1) is 9.52. The van der Waals surface area contributed by atoms with E-state index in [1.807, 2.05) is 18.2 Å². The Kier molecular flexibility index (Phi) is 4.29. The molecule has 0 fully saturated rings. The number of benzene rings is 2. The first-order valence-corrected chi connectivity index (χ1v) is 6.79. The number of nitrogens with zero attached hydrogens (tertiary/aromatic N) is 1. The number of hydrogen-bond donors (Lipinski definition) is 1. The van der Waals surface area contributed by atoms with Crippen LogP contribution >= 0.6 is 15.9 Å². The Bertz CT molecular complexity index is 626. The van der Waals surface area contributed by atoms with Crippen molar-refractivity contribution in [2.24, 2.45) is 0 Å². The molecule has 0 radical (unpaired) electrons. The molecule has 0 saturated heterocycles. The summed E-state index contributed by atoms with van der Waals surface area (Å²) in [6.07, 6.45) is 0. The minimum absolute atomic E-state index is 0.0953. The maximum absolute atomic E-state index is 12.4. The molecule has 0 aromatic heterocycles. The zero-order valence-electron chi connectivity index (χ0n) is 11.3. The number of amides is 1. The van der Waals surface area contributed by atoms with E-state index in [0.29, 0.717) is 11.3 Å². The van der Waals surface area contributed by atoms with Crippen LogP contribution in [0.25, 0.3) is 0 Å². The molecule has 0 aliphatic heterocycles. The lowest BCUT2D eigenvalue weighted by Gasteiger charge is -2.18. The summed E-state index contributed by atoms with van der Waals surface area (Å²) < 4.78 is 5.97. The summed E-state index contributed by atoms with van der Waals surface area (Å²) in [6.45, 7) is 0. The first kappa shape index (κ1) is 14.4. The molecule has 0 aliphatic carbocycles. The molecule has 20 heavy (non-hydrogen) atoms. The number of ether oxygens (including phenoxy) is 1. The van der Waals surface area contributed by atoms with Crippen molar-refractivity contribution >= 4 is 33.2 Å². The van der Waals surface area contributed by atoms with Crippen LogP contribution in [0, 0.1) is 0 Å². The smallest absolute Gasteiger partial charge is 0.258 e. The van der Waals surface area contributed by atoms with Crippen molar-refractivity contribution in [1.29, 1.82) is 0 Å². The summed E-state index contributed by atoms with van der Waals surface area (Å²) in [7, 11) is 3.33. The molecule has 0 heterocycles. The molecular formula is C15H15BrN2O2. The van der Waals surface area contributed by atoms with Crippen molar-refractivity contribution in [2.45, 2.75) is 0 Å². The number of anilines is 2. The third-order valence-corrected chi connectivity index (χ3v) is 3.60. The van der Waals surface area contributed by atoms with Gasteiger partial charge in [0.15, 0.2) is 0 Å². The van der Waals surface area contributed by atoms with Crippen molar-refractivity contribution in [1.82, 2.24) is 0 Å². The highest BCUT2D eigenvalue weighted by Crippen LogP contribution is 2.29. The molecular weight excluding hydrogens is 320 g/mol. The van der Waals surface area contributed by atoms with Crippen molar-refractivity contribution in [3.63, 3.8) is 0 Å². The van der Waals surface area contributed by atoms with Gasteiger partial charge in [-0.1, -0.05) is 0 Å². The van der Waals surface area contributed by atoms with Crippen molar-refractivity contribution in [2.75, 3.05) is 24.8 Å². The van der Waals surface area contributed by atoms with Gasteiger partial charge in [-0.15, -0.1) is 0 Å². The lowest BCUT2D eigenvalue weighted by molar-refractivity contribution is 0.0993. The van der Waals surface area contributed by atoms with Gasteiger partial charge < -0.3 is 15.4 Å². The van der Waals surface area contributed by atoms with E-state index in [1.54, 1.807) is 43.3 Å². The van der Waals surface area contributed by atoms with E-state index >= 15 is 0 Å². The van der Waals surface area contributed by atoms with Crippen LogP contribution in [0.3, 0.4) is 0 Å². The van der Waals surface area contributed by atoms with Crippen LogP contribution in [-0.2, 0) is 0 Å². The number of halogens is 1. The monoisotopic (exact) mass is 334 g/mol. The third-order valence-electron chi connectivity index (χ3n) is 2.98. The number of nitrogens with two attached hydrogens (primary N) is 1. The Labute approximate surface area is 126 Å². The number of methoxy groups -OCH3 is 1. The van der Waals surface area contributed by atoms with E-state index in [9.17, 15) is 4.79 Å². The second-order valence-corrected chi connectivity index (χ2v) is 5.16. The fraction of sp³-hybridized carbons (Fsp3) is 0.133. The molecule has 0 atom stereocenters. The molecule has 0 bridgehead atoms. The Hall–Kier alpha value is -2.01. The lowest BCUT2D eigenvalue weighted by Crippen LogP contribution is -2.26. The maximum atomic E-state index is 12.4. The second kappa shape index (κ2) is 5.96. The lowest BCUT2D eigenvalue weighted by atomic mass is 10.1. The Morgan fingerprint density at radius 1 is 1.20 bits per heavy atom. The fourth-order valence-corrected chi connectivity index (χ4v) is 2.33. The summed E-state index contributed by atoms with van der Waals surface area (Å²) >= 11 is 3.41. The molecule has 2 rings (SSSR count). The average molecular weight is 335 g/mol. The summed E-state index contributed by atoms with van der Waals surface area (Å²) in [5, 5.41) is 0. The second-order valence-electron chi connectivity index (χ2n) is 4.31. The van der Waals surface area contributed by atoms with E-state index in [-0.39, 0.29) is 5.91 Å². The molecule has 0 spiro atoms. The third kappa shape index (κ3) is 2.93. The van der Waals surface area contributed by atoms with Crippen LogP contribution in [0.2, 0.25) is 0 Å². The van der Waals surface area contributed by atoms with Gasteiger partial charge in [0.25, 0.3) is 5.91 Å². The highest BCUT2D eigenvalue weighted by Gasteiger charge is 2.14. The van der Waals surface area contributed by atoms with Crippen LogP contribution in [-0.4, -0.2) is 20.1 Å². The predicted octanol–water partition coefficient (Wildman–Crippen LogP) is 3.32. The molecule has 5 heteroatoms. The van der Waals surface area contributed by atoms with Gasteiger partial charge in [-0.05, 0) is 58.4 Å². The number of nitrogen functional groups attached to an aromatic ring is 1. The first-order valence-electron chi connectivity index (χ1n) is 6.00. The standard InChI is InChI=1S/C15H15BrN2O2/c1-18(12-7-8-14(20-2)13(16)9-12)15(19)10-3-5-11(17)6-4-10/h3-9H,17H2,1-2H3. The highest BCUT2D eigenvalue weighted by atomic mass is 79.9. The van der Waals surface area contributed by atoms with E-state index in [0.717, 1.165) is 15.9 Å². The van der Waals surface area contributed by atoms with Crippen molar-refractivity contribution in [3.05, 3.63) is 52.5 Å². The van der Waals surface area contributed by atoms with Gasteiger partial charge in [0.2, 0.25) is 0 Å². The van der Waals surface area contributed by atoms with E-state index in [4.69, 9.17) is 10.5 Å². The molecule has 2 aromatic rings. The molecule has 0 saturated carbocycles. The van der Waals surface area contributed by atoms with E-state index in [2.05, 4.69) is 15.9 Å². The summed E-state index contributed by atoms with van der Waals surface area (Å²) in [4.78, 5) is 13.9. The molecule has 4 nitrogen and oxygen atoms in total. The molecule has 2 aromatic carbocycles. The zero-order valence-corrected chi connectivity index (χ0v) is 12.8. The molecule has 2 N–H and O–H groups in total. The summed E-state index contributed by atoms with van der Waals surface area (Å²) in [5.74, 6) is 0.629. The summed E-state index contributed by atoms with van der Waals surface area (Å²) in [5.41, 5.74) is 7.63.